The molecule has 10 heteroatoms. The standard InChI is InChI=1S/C15H24N4O6/c1-9(16)14(24)19-12(5-6-13(22)23)15(25)18-11(8-21)4-2-3-10(17)7-20/h9-12H,2-6,16-17H2,1H3,(H,18,25)(H,19,24)(H,22,23)/t9-,10+,11-,12+/m0/s1. The van der Waals surface area contributed by atoms with Crippen LogP contribution in [-0.4, -0.2) is 59.6 Å². The van der Waals surface area contributed by atoms with E-state index < -0.39 is 42.0 Å². The maximum Gasteiger partial charge on any atom is 0.303 e. The molecule has 0 aliphatic rings. The largest absolute Gasteiger partial charge is 0.481 e. The van der Waals surface area contributed by atoms with Crippen LogP contribution in [0.5, 0.6) is 0 Å². The quantitative estimate of drug-likeness (QED) is 0.248. The van der Waals surface area contributed by atoms with Crippen LogP contribution in [0.1, 0.15) is 39.0 Å². The van der Waals surface area contributed by atoms with E-state index in [1.54, 1.807) is 12.6 Å². The highest BCUT2D eigenvalue weighted by molar-refractivity contribution is 5.90. The second-order valence-electron chi connectivity index (χ2n) is 5.62. The van der Waals surface area contributed by atoms with E-state index in [9.17, 15) is 24.0 Å². The molecule has 0 aromatic heterocycles. The molecule has 0 saturated heterocycles. The van der Waals surface area contributed by atoms with Gasteiger partial charge in [0.25, 0.3) is 0 Å². The number of carbonyl (C=O) groups excluding carboxylic acids is 4. The van der Waals surface area contributed by atoms with E-state index in [4.69, 9.17) is 16.6 Å². The summed E-state index contributed by atoms with van der Waals surface area (Å²) in [5.74, 6) is -2.47. The molecular formula is C15H24N4O6. The van der Waals surface area contributed by atoms with Crippen molar-refractivity contribution in [2.75, 3.05) is 0 Å². The van der Waals surface area contributed by atoms with Crippen LogP contribution >= 0.6 is 0 Å². The van der Waals surface area contributed by atoms with Crippen molar-refractivity contribution < 1.29 is 29.1 Å². The van der Waals surface area contributed by atoms with Crippen LogP contribution in [0.4, 0.5) is 0 Å². The highest BCUT2D eigenvalue weighted by atomic mass is 16.4. The zero-order chi connectivity index (χ0) is 19.4. The molecule has 0 spiro atoms. The molecule has 0 aromatic carbocycles. The fraction of sp³-hybridized carbons (Fsp3) is 0.667. The monoisotopic (exact) mass is 356 g/mol. The Balaban J connectivity index is 4.72. The molecule has 7 N–H and O–H groups in total. The predicted molar refractivity (Wildman–Crippen MR) is 87.6 cm³/mol. The minimum atomic E-state index is -1.14. The molecule has 0 saturated carbocycles. The molecule has 0 rings (SSSR count). The second-order valence-corrected chi connectivity index (χ2v) is 5.62. The first kappa shape index (κ1) is 22.7. The lowest BCUT2D eigenvalue weighted by Gasteiger charge is -2.21. The first-order valence-electron chi connectivity index (χ1n) is 7.80. The Labute approximate surface area is 145 Å². The van der Waals surface area contributed by atoms with Gasteiger partial charge in [-0.2, -0.15) is 0 Å². The van der Waals surface area contributed by atoms with Crippen LogP contribution < -0.4 is 22.1 Å². The first-order valence-corrected chi connectivity index (χ1v) is 7.80. The first-order chi connectivity index (χ1) is 11.7. The number of nitrogens with one attached hydrogen (secondary N) is 2. The van der Waals surface area contributed by atoms with E-state index in [2.05, 4.69) is 10.6 Å². The van der Waals surface area contributed by atoms with Gasteiger partial charge in [-0.3, -0.25) is 24.0 Å². The van der Waals surface area contributed by atoms with Crippen LogP contribution in [0.15, 0.2) is 0 Å². The molecule has 0 fully saturated rings. The van der Waals surface area contributed by atoms with Crippen molar-refractivity contribution in [3.05, 3.63) is 0 Å². The van der Waals surface area contributed by atoms with Crippen molar-refractivity contribution in [3.63, 3.8) is 0 Å². The van der Waals surface area contributed by atoms with Crippen LogP contribution in [-0.2, 0) is 24.0 Å². The zero-order valence-corrected chi connectivity index (χ0v) is 14.0. The highest BCUT2D eigenvalue weighted by Gasteiger charge is 2.25. The summed E-state index contributed by atoms with van der Waals surface area (Å²) in [7, 11) is 0. The van der Waals surface area contributed by atoms with Crippen LogP contribution in [0.25, 0.3) is 0 Å². The number of hydrogen-bond acceptors (Lipinski definition) is 7. The van der Waals surface area contributed by atoms with E-state index >= 15 is 0 Å². The number of carboxylic acid groups (broad SMARTS) is 1. The summed E-state index contributed by atoms with van der Waals surface area (Å²) in [4.78, 5) is 55.8. The fourth-order valence-corrected chi connectivity index (χ4v) is 1.87. The molecule has 0 aromatic rings. The van der Waals surface area contributed by atoms with E-state index in [1.165, 1.54) is 6.92 Å². The normalized spacial score (nSPS) is 15.3. The maximum atomic E-state index is 12.2. The van der Waals surface area contributed by atoms with Crippen molar-refractivity contribution in [2.45, 2.75) is 63.2 Å². The third-order valence-corrected chi connectivity index (χ3v) is 3.31. The minimum Gasteiger partial charge on any atom is -0.481 e. The summed E-state index contributed by atoms with van der Waals surface area (Å²) in [6.07, 6.45) is 3.60. The molecule has 140 valence electrons. The molecule has 0 aliphatic carbocycles. The Morgan fingerprint density at radius 1 is 1.00 bits per heavy atom. The smallest absolute Gasteiger partial charge is 0.303 e. The molecule has 0 heterocycles. The van der Waals surface area contributed by atoms with Gasteiger partial charge in [0.05, 0.1) is 18.1 Å². The molecule has 10 nitrogen and oxygen atoms in total. The molecule has 4 atom stereocenters. The van der Waals surface area contributed by atoms with Gasteiger partial charge in [-0.25, -0.2) is 0 Å². The average molecular weight is 356 g/mol. The number of carboxylic acids is 1. The SMILES string of the molecule is C[C@H](N)C(=O)N[C@H](CCC(=O)O)C(=O)N[C@H]([C]=O)CCC[C@@H](N)[C]=O. The number of rotatable bonds is 13. The average Bonchev–Trinajstić information content (AvgIpc) is 2.56. The number of carbonyl (C=O) groups is 3. The lowest BCUT2D eigenvalue weighted by Crippen LogP contribution is -2.53. The molecule has 0 aliphatic heterocycles. The van der Waals surface area contributed by atoms with Gasteiger partial charge in [0.2, 0.25) is 24.4 Å². The summed E-state index contributed by atoms with van der Waals surface area (Å²) >= 11 is 0. The summed E-state index contributed by atoms with van der Waals surface area (Å²) in [5.41, 5.74) is 10.8. The van der Waals surface area contributed by atoms with Crippen LogP contribution in [0, 0.1) is 0 Å². The summed E-state index contributed by atoms with van der Waals surface area (Å²) < 4.78 is 0. The Morgan fingerprint density at radius 3 is 2.12 bits per heavy atom. The van der Waals surface area contributed by atoms with Gasteiger partial charge in [0.15, 0.2) is 0 Å². The van der Waals surface area contributed by atoms with Crippen LogP contribution in [0.2, 0.25) is 0 Å². The van der Waals surface area contributed by atoms with Crippen molar-refractivity contribution in [1.82, 2.24) is 10.6 Å². The van der Waals surface area contributed by atoms with Crippen LogP contribution in [0.3, 0.4) is 0 Å². The Kier molecular flexibility index (Phi) is 11.0. The van der Waals surface area contributed by atoms with Crippen molar-refractivity contribution in [3.8, 4) is 0 Å². The lowest BCUT2D eigenvalue weighted by atomic mass is 10.1. The molecule has 25 heavy (non-hydrogen) atoms. The van der Waals surface area contributed by atoms with Gasteiger partial charge >= 0.3 is 5.97 Å². The lowest BCUT2D eigenvalue weighted by molar-refractivity contribution is -0.138. The zero-order valence-electron chi connectivity index (χ0n) is 14.0. The Morgan fingerprint density at radius 2 is 1.64 bits per heavy atom. The Bertz CT molecular complexity index is 483. The number of amides is 2. The van der Waals surface area contributed by atoms with Gasteiger partial charge < -0.3 is 27.2 Å². The van der Waals surface area contributed by atoms with Gasteiger partial charge in [-0.1, -0.05) is 0 Å². The highest BCUT2D eigenvalue weighted by Crippen LogP contribution is 2.04. The van der Waals surface area contributed by atoms with Crippen molar-refractivity contribution in [1.29, 1.82) is 0 Å². The molecule has 0 bridgehead atoms. The topological polar surface area (TPSA) is 182 Å². The van der Waals surface area contributed by atoms with Gasteiger partial charge in [0, 0.05) is 6.42 Å². The molecule has 0 unspecified atom stereocenters. The fourth-order valence-electron chi connectivity index (χ4n) is 1.87. The summed E-state index contributed by atoms with van der Waals surface area (Å²) in [5, 5.41) is 13.5. The van der Waals surface area contributed by atoms with Crippen molar-refractivity contribution in [2.24, 2.45) is 11.5 Å². The number of nitrogens with two attached hydrogens (primary N) is 2. The third kappa shape index (κ3) is 10.2. The maximum absolute atomic E-state index is 12.2. The van der Waals surface area contributed by atoms with E-state index in [0.717, 1.165) is 0 Å². The molecular weight excluding hydrogens is 332 g/mol. The minimum absolute atomic E-state index is 0.157. The van der Waals surface area contributed by atoms with E-state index in [1.807, 2.05) is 0 Å². The second kappa shape index (κ2) is 12.1. The van der Waals surface area contributed by atoms with Crippen molar-refractivity contribution >= 4 is 30.4 Å². The number of aliphatic carboxylic acids is 1. The summed E-state index contributed by atoms with van der Waals surface area (Å²) in [6, 6.07) is -3.76. The number of hydrogen-bond donors (Lipinski definition) is 5. The van der Waals surface area contributed by atoms with E-state index in [0.29, 0.717) is 12.8 Å². The van der Waals surface area contributed by atoms with Gasteiger partial charge in [0.1, 0.15) is 6.04 Å². The van der Waals surface area contributed by atoms with Gasteiger partial charge in [-0.15, -0.1) is 0 Å². The summed E-state index contributed by atoms with van der Waals surface area (Å²) in [6.45, 7) is 1.41. The van der Waals surface area contributed by atoms with Gasteiger partial charge in [-0.05, 0) is 32.6 Å². The predicted octanol–water partition coefficient (Wildman–Crippen LogP) is -2.11. The third-order valence-electron chi connectivity index (χ3n) is 3.31. The molecule has 2 radical (unpaired) electrons. The van der Waals surface area contributed by atoms with E-state index in [-0.39, 0.29) is 19.3 Å². The molecule has 2 amide bonds. The Hall–Kier alpha value is -2.33.